The number of benzene rings is 1. The number of fused-ring (bicyclic) bond motifs is 2. The standard InChI is InChI=1S/C21H24FN3O4/c1-29-20-17-13(19(26)14(21(27)28)9-25(17)12-4-5-12)7-15(22)18(20)24-8-11-3-2-6-23-16(11)10-24/h7,9,11-12,16,23H,2-6,8,10H2,1H3,(H,27,28)/t11?,16-/m1/s1. The molecule has 3 aliphatic rings. The van der Waals surface area contributed by atoms with Crippen LogP contribution in [0.15, 0.2) is 17.1 Å². The summed E-state index contributed by atoms with van der Waals surface area (Å²) in [5.74, 6) is -1.07. The number of aromatic nitrogens is 1. The average molecular weight is 401 g/mol. The molecule has 1 aromatic carbocycles. The van der Waals surface area contributed by atoms with E-state index in [1.165, 1.54) is 19.4 Å². The Morgan fingerprint density at radius 2 is 2.10 bits per heavy atom. The van der Waals surface area contributed by atoms with E-state index < -0.39 is 17.2 Å². The van der Waals surface area contributed by atoms with Crippen molar-refractivity contribution in [1.29, 1.82) is 0 Å². The Hall–Kier alpha value is -2.61. The van der Waals surface area contributed by atoms with Gasteiger partial charge in [0.25, 0.3) is 0 Å². The van der Waals surface area contributed by atoms with Crippen LogP contribution >= 0.6 is 0 Å². The zero-order valence-electron chi connectivity index (χ0n) is 16.3. The van der Waals surface area contributed by atoms with Crippen molar-refractivity contribution in [3.8, 4) is 5.75 Å². The maximum Gasteiger partial charge on any atom is 0.341 e. The van der Waals surface area contributed by atoms with E-state index >= 15 is 4.39 Å². The number of ether oxygens (including phenoxy) is 1. The molecular weight excluding hydrogens is 377 g/mol. The molecule has 2 aromatic rings. The molecular formula is C21H24FN3O4. The van der Waals surface area contributed by atoms with Gasteiger partial charge in [-0.05, 0) is 44.2 Å². The van der Waals surface area contributed by atoms with Gasteiger partial charge in [-0.2, -0.15) is 0 Å². The van der Waals surface area contributed by atoms with E-state index in [4.69, 9.17) is 4.74 Å². The van der Waals surface area contributed by atoms with E-state index in [0.29, 0.717) is 35.5 Å². The third-order valence-electron chi connectivity index (χ3n) is 6.49. The van der Waals surface area contributed by atoms with Gasteiger partial charge < -0.3 is 24.6 Å². The fourth-order valence-corrected chi connectivity index (χ4v) is 4.95. The normalized spacial score (nSPS) is 24.0. The van der Waals surface area contributed by atoms with Crippen LogP contribution in [0.4, 0.5) is 10.1 Å². The molecule has 29 heavy (non-hydrogen) atoms. The van der Waals surface area contributed by atoms with Gasteiger partial charge in [0, 0.05) is 31.4 Å². The number of halogens is 1. The molecule has 1 unspecified atom stereocenters. The molecule has 2 aliphatic heterocycles. The first kappa shape index (κ1) is 18.4. The minimum atomic E-state index is -1.30. The molecule has 3 fully saturated rings. The quantitative estimate of drug-likeness (QED) is 0.819. The van der Waals surface area contributed by atoms with Crippen molar-refractivity contribution in [2.24, 2.45) is 5.92 Å². The van der Waals surface area contributed by atoms with E-state index in [-0.39, 0.29) is 17.0 Å². The zero-order valence-corrected chi connectivity index (χ0v) is 16.3. The monoisotopic (exact) mass is 401 g/mol. The second-order valence-electron chi connectivity index (χ2n) is 8.32. The molecule has 8 heteroatoms. The van der Waals surface area contributed by atoms with Gasteiger partial charge in [0.2, 0.25) is 5.43 Å². The molecule has 2 atom stereocenters. The maximum atomic E-state index is 15.3. The first-order valence-electron chi connectivity index (χ1n) is 10.2. The zero-order chi connectivity index (χ0) is 20.3. The summed E-state index contributed by atoms with van der Waals surface area (Å²) in [6, 6.07) is 1.62. The molecule has 1 saturated carbocycles. The van der Waals surface area contributed by atoms with Crippen LogP contribution in [-0.2, 0) is 0 Å². The number of carboxylic acid groups (broad SMARTS) is 1. The molecule has 5 rings (SSSR count). The third-order valence-corrected chi connectivity index (χ3v) is 6.49. The fourth-order valence-electron chi connectivity index (χ4n) is 4.95. The number of anilines is 1. The van der Waals surface area contributed by atoms with Crippen molar-refractivity contribution in [3.63, 3.8) is 0 Å². The highest BCUT2D eigenvalue weighted by Gasteiger charge is 2.38. The summed E-state index contributed by atoms with van der Waals surface area (Å²) in [6.07, 6.45) is 5.40. The van der Waals surface area contributed by atoms with E-state index in [9.17, 15) is 14.7 Å². The van der Waals surface area contributed by atoms with Gasteiger partial charge in [-0.3, -0.25) is 4.79 Å². The van der Waals surface area contributed by atoms with Crippen LogP contribution in [0.2, 0.25) is 0 Å². The number of pyridine rings is 1. The average Bonchev–Trinajstić information content (AvgIpc) is 3.45. The van der Waals surface area contributed by atoms with Crippen molar-refractivity contribution in [2.45, 2.75) is 37.8 Å². The minimum absolute atomic E-state index is 0.0599. The molecule has 7 nitrogen and oxygen atoms in total. The highest BCUT2D eigenvalue weighted by molar-refractivity contribution is 5.97. The topological polar surface area (TPSA) is 83.8 Å². The summed E-state index contributed by atoms with van der Waals surface area (Å²) in [4.78, 5) is 26.4. The van der Waals surface area contributed by atoms with Crippen molar-refractivity contribution in [3.05, 3.63) is 33.9 Å². The smallest absolute Gasteiger partial charge is 0.341 e. The summed E-state index contributed by atoms with van der Waals surface area (Å²) in [6.45, 7) is 2.40. The Labute approximate surface area is 167 Å². The predicted octanol–water partition coefficient (Wildman–Crippen LogP) is 2.37. The summed E-state index contributed by atoms with van der Waals surface area (Å²) in [5, 5.41) is 13.0. The number of methoxy groups -OCH3 is 1. The fraction of sp³-hybridized carbons (Fsp3) is 0.524. The van der Waals surface area contributed by atoms with Crippen molar-refractivity contribution in [2.75, 3.05) is 31.6 Å². The number of carboxylic acids is 1. The summed E-state index contributed by atoms with van der Waals surface area (Å²) < 4.78 is 22.8. The minimum Gasteiger partial charge on any atom is -0.492 e. The Kier molecular flexibility index (Phi) is 4.27. The molecule has 3 heterocycles. The van der Waals surface area contributed by atoms with E-state index in [1.54, 1.807) is 4.57 Å². The highest BCUT2D eigenvalue weighted by atomic mass is 19.1. The molecule has 2 N–H and O–H groups in total. The van der Waals surface area contributed by atoms with Gasteiger partial charge >= 0.3 is 5.97 Å². The van der Waals surface area contributed by atoms with Crippen LogP contribution in [0.5, 0.6) is 5.75 Å². The number of nitrogens with one attached hydrogen (secondary N) is 1. The molecule has 1 aliphatic carbocycles. The van der Waals surface area contributed by atoms with Crippen molar-refractivity contribution in [1.82, 2.24) is 9.88 Å². The van der Waals surface area contributed by atoms with E-state index in [0.717, 1.165) is 38.8 Å². The Balaban J connectivity index is 1.73. The van der Waals surface area contributed by atoms with Gasteiger partial charge in [-0.15, -0.1) is 0 Å². The number of aromatic carboxylic acids is 1. The molecule has 0 amide bonds. The summed E-state index contributed by atoms with van der Waals surface area (Å²) in [5.41, 5.74) is -0.155. The molecule has 0 spiro atoms. The Morgan fingerprint density at radius 3 is 2.76 bits per heavy atom. The predicted molar refractivity (Wildman–Crippen MR) is 107 cm³/mol. The summed E-state index contributed by atoms with van der Waals surface area (Å²) in [7, 11) is 1.48. The van der Waals surface area contributed by atoms with Crippen molar-refractivity contribution < 1.29 is 19.0 Å². The van der Waals surface area contributed by atoms with Crippen LogP contribution in [-0.4, -0.2) is 48.4 Å². The van der Waals surface area contributed by atoms with Gasteiger partial charge in [0.1, 0.15) is 11.3 Å². The van der Waals surface area contributed by atoms with E-state index in [1.807, 2.05) is 4.90 Å². The van der Waals surface area contributed by atoms with Crippen LogP contribution in [0.1, 0.15) is 42.1 Å². The second-order valence-corrected chi connectivity index (χ2v) is 8.32. The van der Waals surface area contributed by atoms with Crippen LogP contribution in [0.25, 0.3) is 10.9 Å². The Morgan fingerprint density at radius 1 is 1.31 bits per heavy atom. The lowest BCUT2D eigenvalue weighted by Gasteiger charge is -2.25. The second kappa shape index (κ2) is 6.73. The van der Waals surface area contributed by atoms with Crippen LogP contribution < -0.4 is 20.4 Å². The number of piperidine rings is 1. The number of carbonyl (C=O) groups is 1. The maximum absolute atomic E-state index is 15.3. The van der Waals surface area contributed by atoms with E-state index in [2.05, 4.69) is 5.32 Å². The SMILES string of the molecule is COc1c(N2CC3CCCN[C@@H]3C2)c(F)cc2c(=O)c(C(=O)O)cn(C3CC3)c12. The summed E-state index contributed by atoms with van der Waals surface area (Å²) >= 11 is 0. The molecule has 0 radical (unpaired) electrons. The number of hydrogen-bond donors (Lipinski definition) is 2. The Bertz CT molecular complexity index is 1050. The highest BCUT2D eigenvalue weighted by Crippen LogP contribution is 2.45. The van der Waals surface area contributed by atoms with Gasteiger partial charge in [-0.1, -0.05) is 0 Å². The largest absolute Gasteiger partial charge is 0.492 e. The van der Waals surface area contributed by atoms with Crippen LogP contribution in [0, 0.1) is 11.7 Å². The first-order chi connectivity index (χ1) is 14.0. The molecule has 154 valence electrons. The first-order valence-corrected chi connectivity index (χ1v) is 10.2. The van der Waals surface area contributed by atoms with Gasteiger partial charge in [-0.25, -0.2) is 9.18 Å². The molecule has 0 bridgehead atoms. The van der Waals surface area contributed by atoms with Crippen LogP contribution in [0.3, 0.4) is 0 Å². The lowest BCUT2D eigenvalue weighted by molar-refractivity contribution is 0.0695. The van der Waals surface area contributed by atoms with Gasteiger partial charge in [0.05, 0.1) is 18.0 Å². The third kappa shape index (κ3) is 2.88. The molecule has 1 aromatic heterocycles. The number of nitrogens with zero attached hydrogens (tertiary/aromatic N) is 2. The van der Waals surface area contributed by atoms with Crippen molar-refractivity contribution >= 4 is 22.6 Å². The number of hydrogen-bond acceptors (Lipinski definition) is 5. The molecule has 2 saturated heterocycles. The lowest BCUT2D eigenvalue weighted by Crippen LogP contribution is -2.40. The number of rotatable bonds is 4. The van der Waals surface area contributed by atoms with Gasteiger partial charge in [0.15, 0.2) is 11.6 Å². The lowest BCUT2D eigenvalue weighted by atomic mass is 9.94.